The molecule has 0 spiro atoms. The van der Waals surface area contributed by atoms with Gasteiger partial charge in [-0.1, -0.05) is 24.4 Å². The SMILES string of the molecule is C#CCOc1cc(N2C(=O)OC(=C(C)CC)C2=O)c(F)cc1Cl. The summed E-state index contributed by atoms with van der Waals surface area (Å²) in [5.74, 6) is 0.607. The number of rotatable bonds is 4. The van der Waals surface area contributed by atoms with Gasteiger partial charge in [0.15, 0.2) is 5.76 Å². The Morgan fingerprint density at radius 1 is 1.48 bits per heavy atom. The molecule has 5 nitrogen and oxygen atoms in total. The summed E-state index contributed by atoms with van der Waals surface area (Å²) in [6.45, 7) is 3.37. The van der Waals surface area contributed by atoms with Gasteiger partial charge in [-0.05, 0) is 25.0 Å². The van der Waals surface area contributed by atoms with Crippen molar-refractivity contribution in [2.45, 2.75) is 20.3 Å². The van der Waals surface area contributed by atoms with Crippen molar-refractivity contribution in [2.24, 2.45) is 0 Å². The van der Waals surface area contributed by atoms with Crippen molar-refractivity contribution >= 4 is 29.3 Å². The van der Waals surface area contributed by atoms with E-state index in [0.29, 0.717) is 16.9 Å². The van der Waals surface area contributed by atoms with Crippen molar-refractivity contribution in [2.75, 3.05) is 11.5 Å². The van der Waals surface area contributed by atoms with Crippen molar-refractivity contribution < 1.29 is 23.5 Å². The lowest BCUT2D eigenvalue weighted by atomic mass is 10.2. The molecule has 1 aliphatic heterocycles. The number of cyclic esters (lactones) is 1. The maximum absolute atomic E-state index is 14.2. The number of terminal acetylenes is 1. The highest BCUT2D eigenvalue weighted by atomic mass is 35.5. The minimum atomic E-state index is -0.984. The number of carbonyl (C=O) groups is 2. The van der Waals surface area contributed by atoms with Crippen LogP contribution in [0.25, 0.3) is 0 Å². The molecule has 1 fully saturated rings. The van der Waals surface area contributed by atoms with E-state index in [4.69, 9.17) is 27.5 Å². The van der Waals surface area contributed by atoms with E-state index >= 15 is 0 Å². The van der Waals surface area contributed by atoms with E-state index in [9.17, 15) is 14.0 Å². The summed E-state index contributed by atoms with van der Waals surface area (Å²) in [6, 6.07) is 2.08. The number of amides is 2. The first-order valence-corrected chi connectivity index (χ1v) is 7.09. The van der Waals surface area contributed by atoms with E-state index in [0.717, 1.165) is 12.1 Å². The summed E-state index contributed by atoms with van der Waals surface area (Å²) in [6.07, 6.45) is 4.62. The van der Waals surface area contributed by atoms with Crippen LogP contribution in [0.5, 0.6) is 5.75 Å². The molecule has 1 saturated heterocycles. The van der Waals surface area contributed by atoms with Crippen LogP contribution in [0, 0.1) is 18.2 Å². The van der Waals surface area contributed by atoms with E-state index in [1.54, 1.807) is 13.8 Å². The molecule has 0 N–H and O–H groups in total. The second kappa shape index (κ2) is 6.71. The zero-order chi connectivity index (χ0) is 17.1. The molecule has 120 valence electrons. The Labute approximate surface area is 137 Å². The third-order valence-electron chi connectivity index (χ3n) is 3.24. The number of hydrogen-bond donors (Lipinski definition) is 0. The van der Waals surface area contributed by atoms with Gasteiger partial charge in [-0.3, -0.25) is 4.79 Å². The van der Waals surface area contributed by atoms with Crippen LogP contribution >= 0.6 is 11.6 Å². The maximum atomic E-state index is 14.2. The van der Waals surface area contributed by atoms with E-state index in [-0.39, 0.29) is 28.8 Å². The summed E-state index contributed by atoms with van der Waals surface area (Å²) in [7, 11) is 0. The predicted molar refractivity (Wildman–Crippen MR) is 82.7 cm³/mol. The summed E-state index contributed by atoms with van der Waals surface area (Å²) in [5.41, 5.74) is 0.277. The molecule has 0 unspecified atom stereocenters. The van der Waals surface area contributed by atoms with E-state index in [1.807, 2.05) is 0 Å². The Kier molecular flexibility index (Phi) is 4.92. The first-order valence-electron chi connectivity index (χ1n) is 6.72. The fourth-order valence-electron chi connectivity index (χ4n) is 1.92. The van der Waals surface area contributed by atoms with Crippen LogP contribution in [0.15, 0.2) is 23.5 Å². The van der Waals surface area contributed by atoms with Gasteiger partial charge >= 0.3 is 12.0 Å². The number of ether oxygens (including phenoxy) is 2. The Hall–Kier alpha value is -2.52. The van der Waals surface area contributed by atoms with Gasteiger partial charge in [-0.15, -0.1) is 6.42 Å². The zero-order valence-corrected chi connectivity index (χ0v) is 13.2. The Morgan fingerprint density at radius 2 is 2.17 bits per heavy atom. The first-order chi connectivity index (χ1) is 10.9. The monoisotopic (exact) mass is 337 g/mol. The van der Waals surface area contributed by atoms with E-state index in [2.05, 4.69) is 5.92 Å². The van der Waals surface area contributed by atoms with Crippen molar-refractivity contribution in [1.29, 1.82) is 0 Å². The molecule has 0 saturated carbocycles. The van der Waals surface area contributed by atoms with Crippen molar-refractivity contribution in [1.82, 2.24) is 0 Å². The average molecular weight is 338 g/mol. The molecule has 1 aromatic rings. The summed E-state index contributed by atoms with van der Waals surface area (Å²) in [4.78, 5) is 24.9. The number of benzene rings is 1. The maximum Gasteiger partial charge on any atom is 0.427 e. The van der Waals surface area contributed by atoms with Crippen LogP contribution < -0.4 is 9.64 Å². The number of anilines is 1. The van der Waals surface area contributed by atoms with Crippen LogP contribution in [0.1, 0.15) is 20.3 Å². The number of allylic oxidation sites excluding steroid dienone is 1. The quantitative estimate of drug-likeness (QED) is 0.621. The van der Waals surface area contributed by atoms with Crippen molar-refractivity contribution in [3.8, 4) is 18.1 Å². The standard InChI is InChI=1S/C16H13ClFNO4/c1-4-6-22-13-8-12(11(18)7-10(13)17)19-15(20)14(9(3)5-2)23-16(19)21/h1,7-8H,5-6H2,2-3H3. The smallest absolute Gasteiger partial charge is 0.427 e. The summed E-state index contributed by atoms with van der Waals surface area (Å²) in [5, 5.41) is -0.0259. The van der Waals surface area contributed by atoms with Crippen molar-refractivity contribution in [3.63, 3.8) is 0 Å². The van der Waals surface area contributed by atoms with Crippen LogP contribution in [-0.2, 0) is 9.53 Å². The lowest BCUT2D eigenvalue weighted by molar-refractivity contribution is -0.114. The van der Waals surface area contributed by atoms with Crippen LogP contribution in [0.4, 0.5) is 14.9 Å². The van der Waals surface area contributed by atoms with Gasteiger partial charge in [0, 0.05) is 6.07 Å². The minimum absolute atomic E-state index is 0.0259. The van der Waals surface area contributed by atoms with Gasteiger partial charge in [0.25, 0.3) is 0 Å². The van der Waals surface area contributed by atoms with Crippen LogP contribution in [0.2, 0.25) is 5.02 Å². The Balaban J connectivity index is 2.48. The second-order valence-corrected chi connectivity index (χ2v) is 5.11. The predicted octanol–water partition coefficient (Wildman–Crippen LogP) is 3.66. The van der Waals surface area contributed by atoms with E-state index in [1.165, 1.54) is 0 Å². The van der Waals surface area contributed by atoms with Crippen molar-refractivity contribution in [3.05, 3.63) is 34.3 Å². The zero-order valence-electron chi connectivity index (χ0n) is 12.5. The Morgan fingerprint density at radius 3 is 2.78 bits per heavy atom. The molecule has 0 aromatic heterocycles. The molecule has 7 heteroatoms. The van der Waals surface area contributed by atoms with E-state index < -0.39 is 17.8 Å². The van der Waals surface area contributed by atoms with Gasteiger partial charge in [-0.25, -0.2) is 14.1 Å². The molecule has 2 amide bonds. The van der Waals surface area contributed by atoms with Gasteiger partial charge in [0.1, 0.15) is 18.2 Å². The number of halogens is 2. The second-order valence-electron chi connectivity index (χ2n) is 4.70. The number of hydrogen-bond acceptors (Lipinski definition) is 4. The minimum Gasteiger partial charge on any atom is -0.479 e. The molecule has 0 bridgehead atoms. The number of nitrogens with zero attached hydrogens (tertiary/aromatic N) is 1. The van der Waals surface area contributed by atoms with Crippen LogP contribution in [0.3, 0.4) is 0 Å². The molecule has 2 rings (SSSR count). The molecule has 0 atom stereocenters. The lowest BCUT2D eigenvalue weighted by Gasteiger charge is -2.14. The average Bonchev–Trinajstić information content (AvgIpc) is 2.81. The fourth-order valence-corrected chi connectivity index (χ4v) is 2.12. The number of imide groups is 1. The molecular weight excluding hydrogens is 325 g/mol. The molecule has 0 radical (unpaired) electrons. The molecule has 23 heavy (non-hydrogen) atoms. The highest BCUT2D eigenvalue weighted by Gasteiger charge is 2.40. The summed E-state index contributed by atoms with van der Waals surface area (Å²) < 4.78 is 24.3. The highest BCUT2D eigenvalue weighted by molar-refractivity contribution is 6.32. The highest BCUT2D eigenvalue weighted by Crippen LogP contribution is 2.35. The molecular formula is C16H13ClFNO4. The van der Waals surface area contributed by atoms with Crippen LogP contribution in [-0.4, -0.2) is 18.6 Å². The molecule has 0 aliphatic carbocycles. The third kappa shape index (κ3) is 3.15. The lowest BCUT2D eigenvalue weighted by Crippen LogP contribution is -2.29. The molecule has 1 aliphatic rings. The van der Waals surface area contributed by atoms with Gasteiger partial charge < -0.3 is 9.47 Å². The van der Waals surface area contributed by atoms with Gasteiger partial charge in [0.2, 0.25) is 0 Å². The van der Waals surface area contributed by atoms with Gasteiger partial charge in [0.05, 0.1) is 10.7 Å². The normalized spacial score (nSPS) is 16.2. The van der Waals surface area contributed by atoms with Gasteiger partial charge in [-0.2, -0.15) is 0 Å². The number of carbonyl (C=O) groups excluding carboxylic acids is 2. The third-order valence-corrected chi connectivity index (χ3v) is 3.54. The fraction of sp³-hybridized carbons (Fsp3) is 0.250. The Bertz CT molecular complexity index is 751. The topological polar surface area (TPSA) is 55.8 Å². The molecule has 1 heterocycles. The largest absolute Gasteiger partial charge is 0.479 e. The first kappa shape index (κ1) is 16.8. The summed E-state index contributed by atoms with van der Waals surface area (Å²) >= 11 is 5.86. The molecule has 1 aromatic carbocycles.